The van der Waals surface area contributed by atoms with Crippen LogP contribution in [0, 0.1) is 11.3 Å². The highest BCUT2D eigenvalue weighted by Crippen LogP contribution is 2.29. The van der Waals surface area contributed by atoms with Crippen LogP contribution in [0.15, 0.2) is 28.7 Å². The molecule has 90 valence electrons. The summed E-state index contributed by atoms with van der Waals surface area (Å²) in [6.07, 6.45) is 0. The van der Waals surface area contributed by atoms with Gasteiger partial charge in [-0.2, -0.15) is 5.26 Å². The number of nitrogens with zero attached hydrogens (tertiary/aromatic N) is 2. The molecule has 17 heavy (non-hydrogen) atoms. The summed E-state index contributed by atoms with van der Waals surface area (Å²) in [6.45, 7) is 4.99. The first-order valence-electron chi connectivity index (χ1n) is 5.67. The fraction of sp³-hybridized carbons (Fsp3) is 0.462. The molecule has 0 radical (unpaired) electrons. The molecule has 0 aliphatic carbocycles. The van der Waals surface area contributed by atoms with Gasteiger partial charge >= 0.3 is 0 Å². The minimum Gasteiger partial charge on any atom is -0.379 e. The van der Waals surface area contributed by atoms with E-state index in [1.165, 1.54) is 0 Å². The van der Waals surface area contributed by atoms with Crippen molar-refractivity contribution in [3.8, 4) is 6.07 Å². The number of hydrogen-bond acceptors (Lipinski definition) is 3. The number of hydrogen-bond donors (Lipinski definition) is 0. The summed E-state index contributed by atoms with van der Waals surface area (Å²) < 4.78 is 6.37. The Morgan fingerprint density at radius 2 is 1.88 bits per heavy atom. The second-order valence-corrected chi connectivity index (χ2v) is 5.21. The van der Waals surface area contributed by atoms with Gasteiger partial charge in [-0.15, -0.1) is 0 Å². The Morgan fingerprint density at radius 1 is 1.29 bits per heavy atom. The lowest BCUT2D eigenvalue weighted by atomic mass is 9.91. The number of ether oxygens (including phenoxy) is 1. The molecule has 1 unspecified atom stereocenters. The van der Waals surface area contributed by atoms with Crippen LogP contribution in [0.3, 0.4) is 0 Å². The van der Waals surface area contributed by atoms with Gasteiger partial charge in [0.15, 0.2) is 0 Å². The molecule has 4 heteroatoms. The van der Waals surface area contributed by atoms with Crippen molar-refractivity contribution in [3.63, 3.8) is 0 Å². The van der Waals surface area contributed by atoms with Crippen LogP contribution in [0.25, 0.3) is 0 Å². The minimum atomic E-state index is -0.565. The van der Waals surface area contributed by atoms with E-state index < -0.39 is 5.54 Å². The van der Waals surface area contributed by atoms with Crippen molar-refractivity contribution in [1.82, 2.24) is 4.90 Å². The van der Waals surface area contributed by atoms with E-state index in [1.807, 2.05) is 31.2 Å². The summed E-state index contributed by atoms with van der Waals surface area (Å²) in [5.74, 6) is 0. The number of benzene rings is 1. The molecule has 1 heterocycles. The molecule has 0 bridgehead atoms. The largest absolute Gasteiger partial charge is 0.379 e. The van der Waals surface area contributed by atoms with Crippen LogP contribution in [0.4, 0.5) is 0 Å². The Labute approximate surface area is 110 Å². The molecule has 1 aliphatic heterocycles. The van der Waals surface area contributed by atoms with Gasteiger partial charge in [-0.25, -0.2) is 0 Å². The third-order valence-corrected chi connectivity index (χ3v) is 3.80. The minimum absolute atomic E-state index is 0.565. The molecule has 0 N–H and O–H groups in total. The van der Waals surface area contributed by atoms with E-state index in [0.717, 1.165) is 23.1 Å². The molecule has 1 aliphatic rings. The lowest BCUT2D eigenvalue weighted by Gasteiger charge is -2.38. The van der Waals surface area contributed by atoms with Crippen LogP contribution in [0.2, 0.25) is 0 Å². The molecule has 3 nitrogen and oxygen atoms in total. The Balaban J connectivity index is 2.30. The van der Waals surface area contributed by atoms with Gasteiger partial charge in [-0.1, -0.05) is 28.1 Å². The molecule has 0 aromatic heterocycles. The standard InChI is InChI=1S/C13H15BrN2O/c1-13(10-15,16-6-8-17-9-7-16)11-2-4-12(14)5-3-11/h2-5H,6-9H2,1H3. The van der Waals surface area contributed by atoms with E-state index in [1.54, 1.807) is 0 Å². The molecule has 1 fully saturated rings. The van der Waals surface area contributed by atoms with Gasteiger partial charge in [0.1, 0.15) is 5.54 Å². The normalized spacial score (nSPS) is 20.5. The first kappa shape index (κ1) is 12.6. The van der Waals surface area contributed by atoms with Crippen molar-refractivity contribution in [2.45, 2.75) is 12.5 Å². The summed E-state index contributed by atoms with van der Waals surface area (Å²) >= 11 is 3.41. The molecule has 0 spiro atoms. The van der Waals surface area contributed by atoms with Crippen LogP contribution in [0.1, 0.15) is 12.5 Å². The molecule has 1 saturated heterocycles. The highest BCUT2D eigenvalue weighted by molar-refractivity contribution is 9.10. The quantitative estimate of drug-likeness (QED) is 0.841. The van der Waals surface area contributed by atoms with E-state index in [0.29, 0.717) is 13.2 Å². The van der Waals surface area contributed by atoms with E-state index in [9.17, 15) is 5.26 Å². The summed E-state index contributed by atoms with van der Waals surface area (Å²) in [7, 11) is 0. The molecule has 1 aromatic rings. The van der Waals surface area contributed by atoms with E-state index in [2.05, 4.69) is 26.9 Å². The lowest BCUT2D eigenvalue weighted by molar-refractivity contribution is 0.000437. The van der Waals surface area contributed by atoms with Crippen molar-refractivity contribution in [3.05, 3.63) is 34.3 Å². The zero-order valence-electron chi connectivity index (χ0n) is 9.82. The molecule has 2 rings (SSSR count). The second-order valence-electron chi connectivity index (χ2n) is 4.29. The number of morpholine rings is 1. The topological polar surface area (TPSA) is 36.3 Å². The average Bonchev–Trinajstić information content (AvgIpc) is 2.40. The molecular formula is C13H15BrN2O. The van der Waals surface area contributed by atoms with Gasteiger partial charge in [0.2, 0.25) is 0 Å². The maximum atomic E-state index is 9.52. The van der Waals surface area contributed by atoms with E-state index in [-0.39, 0.29) is 0 Å². The number of nitriles is 1. The van der Waals surface area contributed by atoms with E-state index >= 15 is 0 Å². The predicted octanol–water partition coefficient (Wildman–Crippen LogP) is 2.52. The Hall–Kier alpha value is -0.890. The zero-order valence-corrected chi connectivity index (χ0v) is 11.4. The van der Waals surface area contributed by atoms with Gasteiger partial charge in [0.05, 0.1) is 19.3 Å². The first-order valence-corrected chi connectivity index (χ1v) is 6.46. The molecule has 0 amide bonds. The predicted molar refractivity (Wildman–Crippen MR) is 69.5 cm³/mol. The maximum Gasteiger partial charge on any atom is 0.132 e. The smallest absolute Gasteiger partial charge is 0.132 e. The fourth-order valence-electron chi connectivity index (χ4n) is 2.10. The second kappa shape index (κ2) is 5.18. The van der Waals surface area contributed by atoms with Crippen LogP contribution in [0.5, 0.6) is 0 Å². The Morgan fingerprint density at radius 3 is 2.41 bits per heavy atom. The van der Waals surface area contributed by atoms with Gasteiger partial charge in [-0.05, 0) is 24.6 Å². The zero-order chi connectivity index (χ0) is 12.3. The summed E-state index contributed by atoms with van der Waals surface area (Å²) in [5.41, 5.74) is 0.468. The fourth-order valence-corrected chi connectivity index (χ4v) is 2.37. The average molecular weight is 295 g/mol. The van der Waals surface area contributed by atoms with Crippen LogP contribution >= 0.6 is 15.9 Å². The summed E-state index contributed by atoms with van der Waals surface area (Å²) in [5, 5.41) is 9.52. The maximum absolute atomic E-state index is 9.52. The van der Waals surface area contributed by atoms with Crippen molar-refractivity contribution >= 4 is 15.9 Å². The van der Waals surface area contributed by atoms with Gasteiger partial charge in [0.25, 0.3) is 0 Å². The highest BCUT2D eigenvalue weighted by atomic mass is 79.9. The Kier molecular flexibility index (Phi) is 3.82. The third kappa shape index (κ3) is 2.52. The van der Waals surface area contributed by atoms with Gasteiger partial charge in [-0.3, -0.25) is 4.90 Å². The first-order chi connectivity index (χ1) is 8.16. The summed E-state index contributed by atoms with van der Waals surface area (Å²) in [6, 6.07) is 10.4. The highest BCUT2D eigenvalue weighted by Gasteiger charge is 2.34. The Bertz CT molecular complexity index is 420. The molecule has 1 aromatic carbocycles. The number of halogens is 1. The van der Waals surface area contributed by atoms with Crippen molar-refractivity contribution in [1.29, 1.82) is 5.26 Å². The van der Waals surface area contributed by atoms with Crippen LogP contribution in [-0.4, -0.2) is 31.2 Å². The number of rotatable bonds is 2. The molecule has 1 atom stereocenters. The summed E-state index contributed by atoms with van der Waals surface area (Å²) in [4.78, 5) is 2.18. The van der Waals surface area contributed by atoms with Crippen LogP contribution < -0.4 is 0 Å². The van der Waals surface area contributed by atoms with Crippen LogP contribution in [-0.2, 0) is 10.3 Å². The van der Waals surface area contributed by atoms with Crippen molar-refractivity contribution < 1.29 is 4.74 Å². The van der Waals surface area contributed by atoms with Crippen molar-refractivity contribution in [2.75, 3.05) is 26.3 Å². The molecule has 0 saturated carbocycles. The SMILES string of the molecule is CC(C#N)(c1ccc(Br)cc1)N1CCOCC1. The lowest BCUT2D eigenvalue weighted by Crippen LogP contribution is -2.48. The monoisotopic (exact) mass is 294 g/mol. The van der Waals surface area contributed by atoms with Crippen molar-refractivity contribution in [2.24, 2.45) is 0 Å². The third-order valence-electron chi connectivity index (χ3n) is 3.27. The van der Waals surface area contributed by atoms with E-state index in [4.69, 9.17) is 4.74 Å². The van der Waals surface area contributed by atoms with Gasteiger partial charge in [0, 0.05) is 17.6 Å². The van der Waals surface area contributed by atoms with Gasteiger partial charge < -0.3 is 4.74 Å². The molecular weight excluding hydrogens is 280 g/mol.